The zero-order valence-corrected chi connectivity index (χ0v) is 11.4. The molecule has 0 aliphatic heterocycles. The summed E-state index contributed by atoms with van der Waals surface area (Å²) in [6.07, 6.45) is 0. The lowest BCUT2D eigenvalue weighted by molar-refractivity contribution is 1.24. The van der Waals surface area contributed by atoms with Crippen molar-refractivity contribution in [3.05, 3.63) is 82.1 Å². The molecule has 0 spiro atoms. The SMILES string of the molecule is O=c1cc(-c2ccccc2Cl)cc(-c2ccccc2)[nH]1. The predicted molar refractivity (Wildman–Crippen MR) is 82.9 cm³/mol. The van der Waals surface area contributed by atoms with Crippen LogP contribution in [0.3, 0.4) is 0 Å². The number of aromatic nitrogens is 1. The lowest BCUT2D eigenvalue weighted by Crippen LogP contribution is -2.05. The first-order valence-electron chi connectivity index (χ1n) is 6.29. The fourth-order valence-corrected chi connectivity index (χ4v) is 2.41. The molecule has 0 aliphatic carbocycles. The van der Waals surface area contributed by atoms with Gasteiger partial charge in [0.1, 0.15) is 0 Å². The Morgan fingerprint density at radius 2 is 1.50 bits per heavy atom. The maximum Gasteiger partial charge on any atom is 0.249 e. The number of pyridine rings is 1. The molecule has 0 bridgehead atoms. The fourth-order valence-electron chi connectivity index (χ4n) is 2.17. The van der Waals surface area contributed by atoms with Crippen molar-refractivity contribution in [2.75, 3.05) is 0 Å². The third kappa shape index (κ3) is 2.51. The average molecular weight is 282 g/mol. The monoisotopic (exact) mass is 281 g/mol. The van der Waals surface area contributed by atoms with Crippen molar-refractivity contribution in [1.82, 2.24) is 4.98 Å². The molecule has 0 radical (unpaired) electrons. The van der Waals surface area contributed by atoms with Gasteiger partial charge in [-0.05, 0) is 23.3 Å². The second-order valence-corrected chi connectivity index (χ2v) is 4.90. The highest BCUT2D eigenvalue weighted by molar-refractivity contribution is 6.33. The number of hydrogen-bond donors (Lipinski definition) is 1. The van der Waals surface area contributed by atoms with Gasteiger partial charge in [0.05, 0.1) is 0 Å². The van der Waals surface area contributed by atoms with Crippen LogP contribution >= 0.6 is 11.6 Å². The summed E-state index contributed by atoms with van der Waals surface area (Å²) in [5, 5.41) is 0.636. The van der Waals surface area contributed by atoms with E-state index < -0.39 is 0 Å². The summed E-state index contributed by atoms with van der Waals surface area (Å²) in [6.45, 7) is 0. The van der Waals surface area contributed by atoms with E-state index in [9.17, 15) is 4.79 Å². The summed E-state index contributed by atoms with van der Waals surface area (Å²) in [5.41, 5.74) is 3.29. The Morgan fingerprint density at radius 3 is 2.25 bits per heavy atom. The number of rotatable bonds is 2. The van der Waals surface area contributed by atoms with Crippen LogP contribution in [0, 0.1) is 0 Å². The highest BCUT2D eigenvalue weighted by Crippen LogP contribution is 2.28. The van der Waals surface area contributed by atoms with E-state index in [4.69, 9.17) is 11.6 Å². The van der Waals surface area contributed by atoms with Gasteiger partial charge >= 0.3 is 0 Å². The fraction of sp³-hybridized carbons (Fsp3) is 0. The van der Waals surface area contributed by atoms with Crippen molar-refractivity contribution in [1.29, 1.82) is 0 Å². The molecule has 2 aromatic carbocycles. The normalized spacial score (nSPS) is 10.4. The van der Waals surface area contributed by atoms with E-state index in [-0.39, 0.29) is 5.56 Å². The van der Waals surface area contributed by atoms with Crippen molar-refractivity contribution < 1.29 is 0 Å². The van der Waals surface area contributed by atoms with Gasteiger partial charge in [-0.3, -0.25) is 4.79 Å². The smallest absolute Gasteiger partial charge is 0.249 e. The lowest BCUT2D eigenvalue weighted by atomic mass is 10.0. The maximum absolute atomic E-state index is 11.9. The Bertz CT molecular complexity index is 793. The Labute approximate surface area is 121 Å². The Kier molecular flexibility index (Phi) is 3.40. The molecule has 0 saturated heterocycles. The van der Waals surface area contributed by atoms with Crippen LogP contribution in [0.2, 0.25) is 5.02 Å². The van der Waals surface area contributed by atoms with E-state index in [0.29, 0.717) is 5.02 Å². The molecule has 1 aromatic heterocycles. The Hall–Kier alpha value is -2.32. The standard InChI is InChI=1S/C17H12ClNO/c18-15-9-5-4-8-14(15)13-10-16(19-17(20)11-13)12-6-2-1-3-7-12/h1-11H,(H,19,20). The molecule has 0 aliphatic rings. The van der Waals surface area contributed by atoms with Crippen LogP contribution in [0.15, 0.2) is 71.5 Å². The van der Waals surface area contributed by atoms with Gasteiger partial charge in [0.25, 0.3) is 0 Å². The minimum absolute atomic E-state index is 0.138. The minimum atomic E-state index is -0.138. The zero-order valence-electron chi connectivity index (χ0n) is 10.6. The molecule has 0 fully saturated rings. The van der Waals surface area contributed by atoms with E-state index in [0.717, 1.165) is 22.4 Å². The summed E-state index contributed by atoms with van der Waals surface area (Å²) in [7, 11) is 0. The lowest BCUT2D eigenvalue weighted by Gasteiger charge is -2.07. The molecule has 3 rings (SSSR count). The van der Waals surface area contributed by atoms with E-state index in [1.54, 1.807) is 6.07 Å². The van der Waals surface area contributed by atoms with Crippen molar-refractivity contribution in [3.63, 3.8) is 0 Å². The predicted octanol–water partition coefficient (Wildman–Crippen LogP) is 4.36. The second kappa shape index (κ2) is 5.35. The van der Waals surface area contributed by atoms with Crippen LogP contribution in [0.4, 0.5) is 0 Å². The number of H-pyrrole nitrogens is 1. The Morgan fingerprint density at radius 1 is 0.800 bits per heavy atom. The molecular formula is C17H12ClNO. The molecular weight excluding hydrogens is 270 g/mol. The molecule has 0 atom stereocenters. The summed E-state index contributed by atoms with van der Waals surface area (Å²) in [6, 6.07) is 20.8. The van der Waals surface area contributed by atoms with Crippen LogP contribution in [0.5, 0.6) is 0 Å². The number of halogens is 1. The summed E-state index contributed by atoms with van der Waals surface area (Å²) >= 11 is 6.20. The molecule has 20 heavy (non-hydrogen) atoms. The van der Waals surface area contributed by atoms with Gasteiger partial charge in [-0.1, -0.05) is 60.1 Å². The third-order valence-electron chi connectivity index (χ3n) is 3.11. The van der Waals surface area contributed by atoms with Crippen molar-refractivity contribution in [3.8, 4) is 22.4 Å². The van der Waals surface area contributed by atoms with Crippen molar-refractivity contribution in [2.45, 2.75) is 0 Å². The molecule has 98 valence electrons. The number of aromatic amines is 1. The average Bonchev–Trinajstić information content (AvgIpc) is 2.48. The van der Waals surface area contributed by atoms with E-state index in [1.165, 1.54) is 0 Å². The quantitative estimate of drug-likeness (QED) is 0.744. The van der Waals surface area contributed by atoms with Crippen LogP contribution in [-0.4, -0.2) is 4.98 Å². The minimum Gasteiger partial charge on any atom is -0.322 e. The first-order valence-corrected chi connectivity index (χ1v) is 6.66. The van der Waals surface area contributed by atoms with Gasteiger partial charge in [-0.2, -0.15) is 0 Å². The van der Waals surface area contributed by atoms with E-state index in [2.05, 4.69) is 4.98 Å². The topological polar surface area (TPSA) is 32.9 Å². The highest BCUT2D eigenvalue weighted by atomic mass is 35.5. The summed E-state index contributed by atoms with van der Waals surface area (Å²) in [5.74, 6) is 0. The van der Waals surface area contributed by atoms with Gasteiger partial charge in [-0.15, -0.1) is 0 Å². The molecule has 1 N–H and O–H groups in total. The largest absolute Gasteiger partial charge is 0.322 e. The van der Waals surface area contributed by atoms with E-state index >= 15 is 0 Å². The number of nitrogens with one attached hydrogen (secondary N) is 1. The molecule has 3 heteroatoms. The summed E-state index contributed by atoms with van der Waals surface area (Å²) < 4.78 is 0. The van der Waals surface area contributed by atoms with Crippen LogP contribution < -0.4 is 5.56 Å². The molecule has 2 nitrogen and oxygen atoms in total. The molecule has 0 amide bonds. The maximum atomic E-state index is 11.9. The molecule has 1 heterocycles. The Balaban J connectivity index is 2.18. The van der Waals surface area contributed by atoms with Gasteiger partial charge in [0.15, 0.2) is 0 Å². The van der Waals surface area contributed by atoms with Crippen LogP contribution in [-0.2, 0) is 0 Å². The first-order chi connectivity index (χ1) is 9.74. The van der Waals surface area contributed by atoms with Crippen LogP contribution in [0.25, 0.3) is 22.4 Å². The second-order valence-electron chi connectivity index (χ2n) is 4.49. The zero-order chi connectivity index (χ0) is 13.9. The third-order valence-corrected chi connectivity index (χ3v) is 3.44. The van der Waals surface area contributed by atoms with Gasteiger partial charge in [0.2, 0.25) is 5.56 Å². The van der Waals surface area contributed by atoms with Gasteiger partial charge < -0.3 is 4.98 Å². The van der Waals surface area contributed by atoms with E-state index in [1.807, 2.05) is 60.7 Å². The van der Waals surface area contributed by atoms with Crippen molar-refractivity contribution in [2.24, 2.45) is 0 Å². The van der Waals surface area contributed by atoms with Gasteiger partial charge in [-0.25, -0.2) is 0 Å². The number of benzene rings is 2. The van der Waals surface area contributed by atoms with Crippen LogP contribution in [0.1, 0.15) is 0 Å². The van der Waals surface area contributed by atoms with Crippen molar-refractivity contribution >= 4 is 11.6 Å². The molecule has 3 aromatic rings. The number of hydrogen-bond acceptors (Lipinski definition) is 1. The first kappa shape index (κ1) is 12.7. The summed E-state index contributed by atoms with van der Waals surface area (Å²) in [4.78, 5) is 14.7. The van der Waals surface area contributed by atoms with Gasteiger partial charge in [0, 0.05) is 22.3 Å². The molecule has 0 unspecified atom stereocenters. The highest BCUT2D eigenvalue weighted by Gasteiger charge is 2.06. The molecule has 0 saturated carbocycles.